The lowest BCUT2D eigenvalue weighted by molar-refractivity contribution is -0.119. The number of methoxy groups -OCH3 is 1. The number of benzene rings is 2. The Morgan fingerprint density at radius 1 is 1.09 bits per heavy atom. The molecule has 2 amide bonds. The van der Waals surface area contributed by atoms with Crippen LogP contribution in [0, 0.1) is 5.82 Å². The summed E-state index contributed by atoms with van der Waals surface area (Å²) in [5.74, 6) is -0.949. The van der Waals surface area contributed by atoms with Crippen molar-refractivity contribution in [3.05, 3.63) is 96.0 Å². The zero-order chi connectivity index (χ0) is 33.6. The van der Waals surface area contributed by atoms with Crippen LogP contribution in [0.4, 0.5) is 10.1 Å². The molecule has 3 heterocycles. The summed E-state index contributed by atoms with van der Waals surface area (Å²) >= 11 is 13.6. The fourth-order valence-corrected chi connectivity index (χ4v) is 6.81. The van der Waals surface area contributed by atoms with E-state index in [1.54, 1.807) is 19.2 Å². The molecule has 244 valence electrons. The summed E-state index contributed by atoms with van der Waals surface area (Å²) in [6.45, 7) is 0.635. The van der Waals surface area contributed by atoms with Crippen molar-refractivity contribution in [3.63, 3.8) is 0 Å². The van der Waals surface area contributed by atoms with Gasteiger partial charge in [-0.3, -0.25) is 19.0 Å². The van der Waals surface area contributed by atoms with Crippen molar-refractivity contribution >= 4 is 40.7 Å². The molecule has 11 nitrogen and oxygen atoms in total. The topological polar surface area (TPSA) is 136 Å². The molecule has 2 aromatic heterocycles. The molecule has 1 aliphatic heterocycles. The highest BCUT2D eigenvalue weighted by atomic mass is 35.5. The van der Waals surface area contributed by atoms with Gasteiger partial charge in [0.05, 0.1) is 28.5 Å². The van der Waals surface area contributed by atoms with Crippen molar-refractivity contribution in [3.8, 4) is 28.3 Å². The average Bonchev–Trinajstić information content (AvgIpc) is 3.67. The number of ether oxygens (including phenoxy) is 1. The third kappa shape index (κ3) is 6.04. The van der Waals surface area contributed by atoms with Gasteiger partial charge in [-0.15, -0.1) is 0 Å². The van der Waals surface area contributed by atoms with Crippen LogP contribution in [0.25, 0.3) is 22.4 Å². The largest absolute Gasteiger partial charge is 0.481 e. The van der Waals surface area contributed by atoms with E-state index in [9.17, 15) is 19.2 Å². The maximum atomic E-state index is 15.5. The van der Waals surface area contributed by atoms with E-state index >= 15 is 4.39 Å². The van der Waals surface area contributed by atoms with Crippen LogP contribution < -0.4 is 31.9 Å². The second-order valence-electron chi connectivity index (χ2n) is 11.6. The monoisotopic (exact) mass is 680 g/mol. The van der Waals surface area contributed by atoms with E-state index in [2.05, 4.69) is 16.0 Å². The van der Waals surface area contributed by atoms with Gasteiger partial charge in [-0.05, 0) is 49.1 Å². The molecule has 2 atom stereocenters. The maximum Gasteiger partial charge on any atom is 0.330 e. The first-order valence-electron chi connectivity index (χ1n) is 14.9. The van der Waals surface area contributed by atoms with E-state index in [1.165, 1.54) is 32.3 Å². The Kier molecular flexibility index (Phi) is 8.93. The number of amides is 2. The number of rotatable bonds is 8. The second kappa shape index (κ2) is 12.9. The van der Waals surface area contributed by atoms with Gasteiger partial charge in [-0.2, -0.15) is 0 Å². The molecule has 0 bridgehead atoms. The molecule has 0 radical (unpaired) electrons. The van der Waals surface area contributed by atoms with Crippen LogP contribution in [-0.2, 0) is 25.3 Å². The molecule has 6 rings (SSSR count). The Morgan fingerprint density at radius 2 is 1.87 bits per heavy atom. The molecule has 0 spiro atoms. The van der Waals surface area contributed by atoms with E-state index < -0.39 is 23.0 Å². The Balaban J connectivity index is 1.32. The number of fused-ring (bicyclic) bond motifs is 1. The lowest BCUT2D eigenvalue weighted by Crippen LogP contribution is -2.40. The molecule has 4 aromatic rings. The van der Waals surface area contributed by atoms with Crippen molar-refractivity contribution in [1.29, 1.82) is 0 Å². The van der Waals surface area contributed by atoms with Gasteiger partial charge in [0.2, 0.25) is 11.8 Å². The first-order valence-corrected chi connectivity index (χ1v) is 15.7. The van der Waals surface area contributed by atoms with Gasteiger partial charge in [-0.1, -0.05) is 35.3 Å². The molecule has 14 heteroatoms. The zero-order valence-corrected chi connectivity index (χ0v) is 27.3. The quantitative estimate of drug-likeness (QED) is 0.251. The number of halogens is 3. The van der Waals surface area contributed by atoms with Gasteiger partial charge >= 0.3 is 5.69 Å². The smallest absolute Gasteiger partial charge is 0.330 e. The Hall–Kier alpha value is -4.52. The Labute approximate surface area is 278 Å². The molecule has 2 aliphatic rings. The third-order valence-electron chi connectivity index (χ3n) is 8.62. The number of aromatic nitrogens is 3. The summed E-state index contributed by atoms with van der Waals surface area (Å²) in [5.41, 5.74) is 1.59. The number of carbonyl (C=O) groups excluding carboxylic acids is 2. The number of aryl methyl sites for hydroxylation is 2. The average molecular weight is 682 g/mol. The lowest BCUT2D eigenvalue weighted by atomic mass is 9.98. The van der Waals surface area contributed by atoms with Crippen molar-refractivity contribution in [2.24, 2.45) is 14.1 Å². The predicted molar refractivity (Wildman–Crippen MR) is 177 cm³/mol. The summed E-state index contributed by atoms with van der Waals surface area (Å²) in [5, 5.41) is 9.16. The van der Waals surface area contributed by atoms with E-state index in [1.807, 2.05) is 6.07 Å². The Morgan fingerprint density at radius 3 is 2.60 bits per heavy atom. The Bertz CT molecular complexity index is 2060. The molecule has 2 aromatic carbocycles. The summed E-state index contributed by atoms with van der Waals surface area (Å²) in [4.78, 5) is 54.1. The third-order valence-corrected chi connectivity index (χ3v) is 9.42. The molecule has 1 fully saturated rings. The molecule has 0 saturated carbocycles. The maximum absolute atomic E-state index is 15.5. The van der Waals surface area contributed by atoms with Crippen LogP contribution in [-0.4, -0.2) is 45.6 Å². The minimum Gasteiger partial charge on any atom is -0.481 e. The van der Waals surface area contributed by atoms with E-state index in [-0.39, 0.29) is 50.4 Å². The number of carbonyl (C=O) groups is 2. The van der Waals surface area contributed by atoms with Crippen LogP contribution in [0.5, 0.6) is 5.88 Å². The van der Waals surface area contributed by atoms with Crippen LogP contribution in [0.2, 0.25) is 10.0 Å². The number of pyridine rings is 1. The first-order chi connectivity index (χ1) is 22.5. The molecule has 2 unspecified atom stereocenters. The predicted octanol–water partition coefficient (Wildman–Crippen LogP) is 4.38. The van der Waals surface area contributed by atoms with Gasteiger partial charge in [-0.25, -0.2) is 14.2 Å². The normalized spacial score (nSPS) is 17.0. The van der Waals surface area contributed by atoms with E-state index in [4.69, 9.17) is 32.9 Å². The van der Waals surface area contributed by atoms with E-state index in [0.29, 0.717) is 30.1 Å². The van der Waals surface area contributed by atoms with Crippen molar-refractivity contribution in [1.82, 2.24) is 24.8 Å². The second-order valence-corrected chi connectivity index (χ2v) is 12.4. The van der Waals surface area contributed by atoms with Gasteiger partial charge in [0.25, 0.3) is 11.5 Å². The summed E-state index contributed by atoms with van der Waals surface area (Å²) in [6.07, 6.45) is 4.04. The van der Waals surface area contributed by atoms with Crippen molar-refractivity contribution < 1.29 is 18.7 Å². The minimum absolute atomic E-state index is 0.00251. The molecule has 1 aliphatic carbocycles. The summed E-state index contributed by atoms with van der Waals surface area (Å²) in [7, 11) is 4.23. The number of anilines is 1. The first kappa shape index (κ1) is 32.4. The summed E-state index contributed by atoms with van der Waals surface area (Å²) in [6, 6.07) is 9.45. The summed E-state index contributed by atoms with van der Waals surface area (Å²) < 4.78 is 23.2. The number of hydrogen-bond donors (Lipinski definition) is 3. The number of hydrogen-bond acceptors (Lipinski definition) is 7. The van der Waals surface area contributed by atoms with Crippen LogP contribution in [0.15, 0.2) is 52.2 Å². The van der Waals surface area contributed by atoms with Gasteiger partial charge in [0.1, 0.15) is 11.4 Å². The number of nitrogens with one attached hydrogen (secondary N) is 3. The minimum atomic E-state index is -0.796. The van der Waals surface area contributed by atoms with E-state index in [0.717, 1.165) is 45.7 Å². The zero-order valence-electron chi connectivity index (χ0n) is 25.7. The number of nitrogens with zero attached hydrogens (tertiary/aromatic N) is 3. The van der Waals surface area contributed by atoms with Gasteiger partial charge in [0.15, 0.2) is 0 Å². The van der Waals surface area contributed by atoms with Crippen LogP contribution >= 0.6 is 23.2 Å². The molecule has 3 N–H and O–H groups in total. The standard InChI is InChI=1S/C33H31Cl2FN6O5/c1-41-15-20(32(45)42(2)33(41)46)30(44)39-23-6-4-5-19(28(23)34)27-21(36)10-9-18(29(27)35)24-13-16-7-11-22(26(16)31(40-24)47-3)37-14-17-8-12-25(43)38-17/h4-6,9-10,13,15,17,22,37H,7-8,11-12,14H2,1-3H3,(H,38,43)(H,39,44). The highest BCUT2D eigenvalue weighted by molar-refractivity contribution is 6.39. The highest BCUT2D eigenvalue weighted by Crippen LogP contribution is 2.45. The van der Waals surface area contributed by atoms with Crippen LogP contribution in [0.1, 0.15) is 46.8 Å². The highest BCUT2D eigenvalue weighted by Gasteiger charge is 2.31. The fraction of sp³-hybridized carbons (Fsp3) is 0.303. The van der Waals surface area contributed by atoms with Crippen molar-refractivity contribution in [2.75, 3.05) is 19.0 Å². The fourth-order valence-electron chi connectivity index (χ4n) is 6.19. The SMILES string of the molecule is COc1nc(-c2ccc(F)c(-c3cccc(NC(=O)c4cn(C)c(=O)n(C)c4=O)c3Cl)c2Cl)cc2c1C(NCC1CCC(=O)N1)CC2. The van der Waals surface area contributed by atoms with Crippen LogP contribution in [0.3, 0.4) is 0 Å². The molecular formula is C33H31Cl2FN6O5. The molecule has 1 saturated heterocycles. The van der Waals surface area contributed by atoms with Crippen molar-refractivity contribution in [2.45, 2.75) is 37.8 Å². The van der Waals surface area contributed by atoms with Gasteiger partial charge in [0, 0.05) is 67.6 Å². The lowest BCUT2D eigenvalue weighted by Gasteiger charge is -2.20. The van der Waals surface area contributed by atoms with Gasteiger partial charge < -0.3 is 25.3 Å². The molecule has 47 heavy (non-hydrogen) atoms. The molecular weight excluding hydrogens is 650 g/mol.